The molecule has 0 atom stereocenters. The maximum atomic E-state index is 12.6. The van der Waals surface area contributed by atoms with Gasteiger partial charge < -0.3 is 20.3 Å². The highest BCUT2D eigenvalue weighted by molar-refractivity contribution is 6.02. The van der Waals surface area contributed by atoms with Crippen molar-refractivity contribution in [3.63, 3.8) is 0 Å². The summed E-state index contributed by atoms with van der Waals surface area (Å²) in [6.07, 6.45) is 0. The first-order valence-corrected chi connectivity index (χ1v) is 14.9. The van der Waals surface area contributed by atoms with E-state index in [4.69, 9.17) is 20.1 Å². The largest absolute Gasteiger partial charge is 0.457 e. The van der Waals surface area contributed by atoms with Gasteiger partial charge in [-0.2, -0.15) is 5.10 Å². The number of hydrogen-bond donors (Lipinski definition) is 3. The second kappa shape index (κ2) is 11.8. The fraction of sp³-hybridized carbons (Fsp3) is 0.194. The van der Waals surface area contributed by atoms with Crippen LogP contribution in [0.2, 0.25) is 0 Å². The van der Waals surface area contributed by atoms with Crippen LogP contribution in [0.5, 0.6) is 11.5 Å². The topological polar surface area (TPSA) is 120 Å². The summed E-state index contributed by atoms with van der Waals surface area (Å²) in [5, 5.41) is 15.3. The average molecular weight is 601 g/mol. The third-order valence-corrected chi connectivity index (χ3v) is 7.49. The summed E-state index contributed by atoms with van der Waals surface area (Å²) >= 11 is 0. The number of rotatable bonds is 7. The number of benzene rings is 4. The molecule has 6 aromatic rings. The molecule has 0 fully saturated rings. The van der Waals surface area contributed by atoms with Gasteiger partial charge in [0.2, 0.25) is 0 Å². The van der Waals surface area contributed by atoms with Crippen LogP contribution >= 0.6 is 0 Å². The lowest BCUT2D eigenvalue weighted by atomic mass is 9.93. The van der Waals surface area contributed by atoms with Gasteiger partial charge in [-0.25, -0.2) is 9.48 Å². The van der Waals surface area contributed by atoms with Crippen LogP contribution in [0.1, 0.15) is 51.9 Å². The number of ether oxygens (including phenoxy) is 1. The molecule has 2 heterocycles. The number of carbonyl (C=O) groups excluding carboxylic acids is 1. The lowest BCUT2D eigenvalue weighted by Gasteiger charge is -2.12. The molecule has 0 aliphatic rings. The maximum absolute atomic E-state index is 12.6. The Hall–Kier alpha value is -5.57. The van der Waals surface area contributed by atoms with Crippen molar-refractivity contribution in [2.24, 2.45) is 0 Å². The first kappa shape index (κ1) is 29.5. The predicted molar refractivity (Wildman–Crippen MR) is 179 cm³/mol. The van der Waals surface area contributed by atoms with Crippen molar-refractivity contribution in [1.82, 2.24) is 14.9 Å². The van der Waals surface area contributed by atoms with Crippen LogP contribution in [0.4, 0.5) is 22.0 Å². The zero-order valence-corrected chi connectivity index (χ0v) is 26.0. The lowest BCUT2D eigenvalue weighted by Crippen LogP contribution is -2.19. The second-order valence-corrected chi connectivity index (χ2v) is 12.3. The van der Waals surface area contributed by atoms with Gasteiger partial charge in [0.25, 0.3) is 0 Å². The number of nitrogen functional groups attached to an aromatic ring is 1. The number of nitrogens with zero attached hydrogens (tertiary/aromatic N) is 3. The molecule has 9 heteroatoms. The molecule has 0 bridgehead atoms. The van der Waals surface area contributed by atoms with Crippen LogP contribution in [0.15, 0.2) is 102 Å². The van der Waals surface area contributed by atoms with E-state index in [1.165, 1.54) is 5.56 Å². The van der Waals surface area contributed by atoms with E-state index in [1.807, 2.05) is 104 Å². The van der Waals surface area contributed by atoms with Gasteiger partial charge in [0.1, 0.15) is 23.0 Å². The number of hydrogen-bond acceptors (Lipinski definition) is 6. The Kier molecular flexibility index (Phi) is 7.76. The summed E-state index contributed by atoms with van der Waals surface area (Å²) in [5.74, 6) is 2.99. The van der Waals surface area contributed by atoms with Crippen molar-refractivity contribution in [3.8, 4) is 28.4 Å². The molecule has 4 N–H and O–H groups in total. The molecule has 6 rings (SSSR count). The van der Waals surface area contributed by atoms with E-state index in [9.17, 15) is 4.79 Å². The van der Waals surface area contributed by atoms with E-state index in [-0.39, 0.29) is 5.41 Å². The van der Waals surface area contributed by atoms with Gasteiger partial charge in [0.15, 0.2) is 5.82 Å². The number of amides is 2. The standard InChI is InChI=1S/C36H36N6O3/c1-22(2)24-8-6-9-28(20-24)44-27-18-12-23(13-19-27)34-33-29(37)10-7-11-30(33)42(40-34)26-16-14-25(15-17-26)38-35(43)39-32-21-31(45-41-32)36(3,4)5/h6-22H,37H2,1-5H3,(H2,38,39,41,43). The molecule has 45 heavy (non-hydrogen) atoms. The van der Waals surface area contributed by atoms with Crippen LogP contribution < -0.4 is 21.1 Å². The van der Waals surface area contributed by atoms with Crippen LogP contribution in [0.25, 0.3) is 27.8 Å². The minimum absolute atomic E-state index is 0.210. The van der Waals surface area contributed by atoms with Gasteiger partial charge in [-0.15, -0.1) is 0 Å². The highest BCUT2D eigenvalue weighted by atomic mass is 16.5. The molecule has 2 amide bonds. The molecule has 0 aliphatic carbocycles. The summed E-state index contributed by atoms with van der Waals surface area (Å²) in [6.45, 7) is 10.4. The number of fused-ring (bicyclic) bond motifs is 1. The van der Waals surface area contributed by atoms with Gasteiger partial charge in [0, 0.05) is 28.4 Å². The molecule has 0 saturated carbocycles. The van der Waals surface area contributed by atoms with Crippen LogP contribution in [0.3, 0.4) is 0 Å². The fourth-order valence-corrected chi connectivity index (χ4v) is 5.00. The number of aromatic nitrogens is 3. The third kappa shape index (κ3) is 6.38. The molecule has 0 radical (unpaired) electrons. The first-order chi connectivity index (χ1) is 21.5. The van der Waals surface area contributed by atoms with Crippen molar-refractivity contribution in [1.29, 1.82) is 0 Å². The summed E-state index contributed by atoms with van der Waals surface area (Å²) in [5.41, 5.74) is 12.1. The predicted octanol–water partition coefficient (Wildman–Crippen LogP) is 9.12. The van der Waals surface area contributed by atoms with E-state index < -0.39 is 6.03 Å². The van der Waals surface area contributed by atoms with Crippen molar-refractivity contribution in [2.75, 3.05) is 16.4 Å². The molecule has 0 unspecified atom stereocenters. The summed E-state index contributed by atoms with van der Waals surface area (Å²) in [7, 11) is 0. The SMILES string of the molecule is CC(C)c1cccc(Oc2ccc(-c3nn(-c4ccc(NC(=O)Nc5cc(C(C)(C)C)on5)cc4)c4cccc(N)c34)cc2)c1. The first-order valence-electron chi connectivity index (χ1n) is 14.9. The minimum Gasteiger partial charge on any atom is -0.457 e. The number of urea groups is 1. The van der Waals surface area contributed by atoms with Crippen LogP contribution in [-0.4, -0.2) is 21.0 Å². The molecule has 9 nitrogen and oxygen atoms in total. The summed E-state index contributed by atoms with van der Waals surface area (Å²) in [4.78, 5) is 12.6. The van der Waals surface area contributed by atoms with Gasteiger partial charge in [0.05, 0.1) is 16.6 Å². The summed E-state index contributed by atoms with van der Waals surface area (Å²) < 4.78 is 13.3. The molecular weight excluding hydrogens is 564 g/mol. The monoisotopic (exact) mass is 600 g/mol. The Bertz CT molecular complexity index is 1970. The van der Waals surface area contributed by atoms with Crippen LogP contribution in [-0.2, 0) is 5.41 Å². The van der Waals surface area contributed by atoms with E-state index in [0.717, 1.165) is 39.3 Å². The maximum Gasteiger partial charge on any atom is 0.324 e. The van der Waals surface area contributed by atoms with E-state index in [0.29, 0.717) is 28.9 Å². The Morgan fingerprint density at radius 2 is 1.62 bits per heavy atom. The van der Waals surface area contributed by atoms with Crippen molar-refractivity contribution in [3.05, 3.63) is 108 Å². The zero-order chi connectivity index (χ0) is 31.7. The molecule has 0 saturated heterocycles. The molecule has 2 aromatic heterocycles. The van der Waals surface area contributed by atoms with E-state index >= 15 is 0 Å². The Labute approximate surface area is 262 Å². The van der Waals surface area contributed by atoms with Crippen LogP contribution in [0, 0.1) is 0 Å². The Morgan fingerprint density at radius 3 is 2.31 bits per heavy atom. The van der Waals surface area contributed by atoms with Crippen molar-refractivity contribution < 1.29 is 14.1 Å². The van der Waals surface area contributed by atoms with E-state index in [1.54, 1.807) is 6.07 Å². The van der Waals surface area contributed by atoms with Crippen molar-refractivity contribution in [2.45, 2.75) is 46.0 Å². The second-order valence-electron chi connectivity index (χ2n) is 12.3. The molecule has 4 aromatic carbocycles. The quantitative estimate of drug-likeness (QED) is 0.157. The average Bonchev–Trinajstić information content (AvgIpc) is 3.64. The minimum atomic E-state index is -0.420. The normalized spacial score (nSPS) is 11.6. The molecular formula is C36H36N6O3. The Balaban J connectivity index is 1.22. The lowest BCUT2D eigenvalue weighted by molar-refractivity contribution is 0.262. The Morgan fingerprint density at radius 1 is 0.889 bits per heavy atom. The third-order valence-electron chi connectivity index (χ3n) is 7.49. The van der Waals surface area contributed by atoms with Gasteiger partial charge >= 0.3 is 6.03 Å². The zero-order valence-electron chi connectivity index (χ0n) is 26.0. The van der Waals surface area contributed by atoms with Gasteiger partial charge in [-0.05, 0) is 84.3 Å². The van der Waals surface area contributed by atoms with Gasteiger partial charge in [-0.3, -0.25) is 5.32 Å². The fourth-order valence-electron chi connectivity index (χ4n) is 5.00. The molecule has 228 valence electrons. The molecule has 0 spiro atoms. The number of anilines is 3. The summed E-state index contributed by atoms with van der Waals surface area (Å²) in [6, 6.07) is 30.5. The highest BCUT2D eigenvalue weighted by Gasteiger charge is 2.21. The number of carbonyl (C=O) groups is 1. The smallest absolute Gasteiger partial charge is 0.324 e. The molecule has 0 aliphatic heterocycles. The highest BCUT2D eigenvalue weighted by Crippen LogP contribution is 2.35. The number of nitrogens with two attached hydrogens (primary N) is 1. The van der Waals surface area contributed by atoms with Crippen molar-refractivity contribution >= 4 is 34.1 Å². The van der Waals surface area contributed by atoms with E-state index in [2.05, 4.69) is 41.8 Å². The number of nitrogens with one attached hydrogen (secondary N) is 2. The van der Waals surface area contributed by atoms with Gasteiger partial charge in [-0.1, -0.05) is 58.0 Å².